The summed E-state index contributed by atoms with van der Waals surface area (Å²) in [5.41, 5.74) is -5.49. The molecular formula is C16H10N6O12. The first-order valence-corrected chi connectivity index (χ1v) is 8.63. The fraction of sp³-hybridized carbons (Fsp3) is 0.125. The van der Waals surface area contributed by atoms with Gasteiger partial charge in [-0.25, -0.2) is 0 Å². The highest BCUT2D eigenvalue weighted by molar-refractivity contribution is 5.83. The molecule has 3 aromatic rings. The molecule has 0 bridgehead atoms. The predicted molar refractivity (Wildman–Crippen MR) is 106 cm³/mol. The van der Waals surface area contributed by atoms with Crippen LogP contribution in [0.15, 0.2) is 28.9 Å². The van der Waals surface area contributed by atoms with E-state index in [0.29, 0.717) is 0 Å². The van der Waals surface area contributed by atoms with Gasteiger partial charge < -0.3 is 14.7 Å². The van der Waals surface area contributed by atoms with Crippen molar-refractivity contribution < 1.29 is 38.7 Å². The van der Waals surface area contributed by atoms with Gasteiger partial charge in [-0.3, -0.25) is 45.1 Å². The molecule has 3 rings (SSSR count). The highest BCUT2D eigenvalue weighted by atomic mass is 16.8. The Balaban J connectivity index is 2.38. The van der Waals surface area contributed by atoms with Crippen molar-refractivity contribution in [2.75, 3.05) is 14.2 Å². The van der Waals surface area contributed by atoms with Crippen molar-refractivity contribution in [2.45, 2.75) is 0 Å². The molecule has 18 heteroatoms. The van der Waals surface area contributed by atoms with Crippen LogP contribution >= 0.6 is 0 Å². The Morgan fingerprint density at radius 1 is 0.735 bits per heavy atom. The Hall–Kier alpha value is -5.42. The Morgan fingerprint density at radius 3 is 1.41 bits per heavy atom. The van der Waals surface area contributed by atoms with E-state index in [1.807, 2.05) is 0 Å². The second-order valence-electron chi connectivity index (χ2n) is 6.25. The fourth-order valence-corrected chi connectivity index (χ4v) is 3.11. The molecule has 0 radical (unpaired) electrons. The summed E-state index contributed by atoms with van der Waals surface area (Å²) < 4.78 is 14.0. The van der Waals surface area contributed by atoms with Crippen LogP contribution in [0, 0.1) is 45.7 Å². The summed E-state index contributed by atoms with van der Waals surface area (Å²) in [7, 11) is 1.93. The predicted octanol–water partition coefficient (Wildman–Crippen LogP) is 2.29. The van der Waals surface area contributed by atoms with Crippen LogP contribution in [-0.2, 0) is 0 Å². The Bertz CT molecular complexity index is 1300. The number of nitro benzene ring substituents is 4. The highest BCUT2D eigenvalue weighted by Gasteiger charge is 2.35. The van der Waals surface area contributed by atoms with E-state index in [2.05, 4.69) is 9.79 Å². The average molecular weight is 478 g/mol. The summed E-state index contributed by atoms with van der Waals surface area (Å²) in [5.74, 6) is -1.39. The smallest absolute Gasteiger partial charge is 0.319 e. The largest absolute Gasteiger partial charge is 0.485 e. The quantitative estimate of drug-likeness (QED) is 0.256. The first-order valence-electron chi connectivity index (χ1n) is 8.63. The molecule has 0 fully saturated rings. The van der Waals surface area contributed by atoms with Gasteiger partial charge in [0.25, 0.3) is 17.2 Å². The lowest BCUT2D eigenvalue weighted by Gasteiger charge is -2.06. The molecule has 0 N–H and O–H groups in total. The first-order chi connectivity index (χ1) is 16.0. The molecule has 0 aliphatic carbocycles. The molecule has 2 aromatic carbocycles. The van der Waals surface area contributed by atoms with Crippen LogP contribution in [0.25, 0.3) is 22.5 Å². The lowest BCUT2D eigenvalue weighted by atomic mass is 10.0. The minimum absolute atomic E-state index is 0.271. The van der Waals surface area contributed by atoms with Gasteiger partial charge in [-0.1, -0.05) is 0 Å². The van der Waals surface area contributed by atoms with Crippen molar-refractivity contribution >= 4 is 22.7 Å². The van der Waals surface area contributed by atoms with Crippen molar-refractivity contribution in [3.8, 4) is 34.0 Å². The number of aromatic nitrogens is 2. The van der Waals surface area contributed by atoms with Gasteiger partial charge >= 0.3 is 22.7 Å². The first kappa shape index (κ1) is 23.2. The number of rotatable bonds is 8. The molecular weight excluding hydrogens is 468 g/mol. The highest BCUT2D eigenvalue weighted by Crippen LogP contribution is 2.44. The number of nitro groups is 4. The van der Waals surface area contributed by atoms with E-state index >= 15 is 0 Å². The van der Waals surface area contributed by atoms with E-state index in [-0.39, 0.29) is 10.5 Å². The van der Waals surface area contributed by atoms with Crippen LogP contribution in [0.5, 0.6) is 11.5 Å². The summed E-state index contributed by atoms with van der Waals surface area (Å²) in [6.07, 6.45) is 0. The minimum atomic E-state index is -0.999. The van der Waals surface area contributed by atoms with Crippen LogP contribution in [-0.4, -0.2) is 39.1 Å². The second-order valence-corrected chi connectivity index (χ2v) is 6.25. The molecule has 0 aliphatic rings. The lowest BCUT2D eigenvalue weighted by molar-refractivity contribution is -0.793. The molecule has 0 unspecified atom stereocenters. The lowest BCUT2D eigenvalue weighted by Crippen LogP contribution is -2.25. The van der Waals surface area contributed by atoms with E-state index in [9.17, 15) is 45.7 Å². The van der Waals surface area contributed by atoms with E-state index in [1.54, 1.807) is 0 Å². The van der Waals surface area contributed by atoms with Crippen LogP contribution in [0.1, 0.15) is 0 Å². The van der Waals surface area contributed by atoms with Crippen molar-refractivity contribution in [2.24, 2.45) is 0 Å². The number of hydrogen-bond acceptors (Lipinski definition) is 13. The van der Waals surface area contributed by atoms with Crippen molar-refractivity contribution in [3.63, 3.8) is 0 Å². The normalized spacial score (nSPS) is 10.5. The van der Waals surface area contributed by atoms with E-state index in [4.69, 9.17) is 9.47 Å². The summed E-state index contributed by atoms with van der Waals surface area (Å²) in [6, 6.07) is 3.09. The summed E-state index contributed by atoms with van der Waals surface area (Å²) in [5, 5.41) is 61.5. The SMILES string of the molecule is COc1c([N+](=O)[O-])cc(-c2no[n+]([O-])c2-c2cc([N+](=O)[O-])c(OC)c([N+](=O)[O-])c2)cc1[N+](=O)[O-]. The third-order valence-electron chi connectivity index (χ3n) is 4.45. The van der Waals surface area contributed by atoms with Crippen LogP contribution in [0.2, 0.25) is 0 Å². The molecule has 34 heavy (non-hydrogen) atoms. The summed E-state index contributed by atoms with van der Waals surface area (Å²) >= 11 is 0. The topological polar surface area (TPSA) is 244 Å². The van der Waals surface area contributed by atoms with Gasteiger partial charge in [0, 0.05) is 40.5 Å². The average Bonchev–Trinajstić information content (AvgIpc) is 3.17. The maximum Gasteiger partial charge on any atom is 0.319 e. The maximum atomic E-state index is 12.3. The molecule has 18 nitrogen and oxygen atoms in total. The summed E-state index contributed by atoms with van der Waals surface area (Å²) in [4.78, 5) is 41.5. The number of methoxy groups -OCH3 is 2. The zero-order chi connectivity index (χ0) is 25.3. The Kier molecular flexibility index (Phi) is 5.89. The third-order valence-corrected chi connectivity index (χ3v) is 4.45. The van der Waals surface area contributed by atoms with Gasteiger partial charge in [0.15, 0.2) is 0 Å². The van der Waals surface area contributed by atoms with Crippen LogP contribution < -0.4 is 14.4 Å². The zero-order valence-electron chi connectivity index (χ0n) is 16.9. The molecule has 0 spiro atoms. The molecule has 1 aromatic heterocycles. The fourth-order valence-electron chi connectivity index (χ4n) is 3.11. The molecule has 0 atom stereocenters. The van der Waals surface area contributed by atoms with Gasteiger partial charge in [0.2, 0.25) is 5.69 Å². The molecule has 0 aliphatic heterocycles. The number of nitrogens with zero attached hydrogens (tertiary/aromatic N) is 6. The van der Waals surface area contributed by atoms with Crippen LogP contribution in [0.3, 0.4) is 0 Å². The molecule has 1 heterocycles. The van der Waals surface area contributed by atoms with Gasteiger partial charge in [0.1, 0.15) is 0 Å². The summed E-state index contributed by atoms with van der Waals surface area (Å²) in [6.45, 7) is 0. The Labute approximate surface area is 185 Å². The number of benzene rings is 2. The molecule has 176 valence electrons. The third kappa shape index (κ3) is 3.81. The number of ether oxygens (including phenoxy) is 2. The van der Waals surface area contributed by atoms with Gasteiger partial charge in [-0.2, -0.15) is 0 Å². The van der Waals surface area contributed by atoms with Gasteiger partial charge in [-0.15, -0.1) is 0 Å². The van der Waals surface area contributed by atoms with Gasteiger partial charge in [-0.05, 0) is 4.90 Å². The zero-order valence-corrected chi connectivity index (χ0v) is 16.9. The van der Waals surface area contributed by atoms with Crippen molar-refractivity contribution in [1.82, 2.24) is 5.16 Å². The standard InChI is InChI=1S/C16H10N6O12/c1-32-15-9(18(23)24)3-7(4-10(15)19(25)26)13-14(22(31)34-17-13)8-5-11(20(27)28)16(33-2)12(6-8)21(29)30/h3-6H,1-2H3. The molecule has 0 saturated carbocycles. The Morgan fingerprint density at radius 2 is 1.09 bits per heavy atom. The van der Waals surface area contributed by atoms with Crippen molar-refractivity contribution in [3.05, 3.63) is 69.9 Å². The minimum Gasteiger partial charge on any atom is -0.485 e. The van der Waals surface area contributed by atoms with E-state index in [0.717, 1.165) is 38.5 Å². The molecule has 0 amide bonds. The van der Waals surface area contributed by atoms with Crippen molar-refractivity contribution in [1.29, 1.82) is 0 Å². The van der Waals surface area contributed by atoms with E-state index < -0.39 is 70.9 Å². The van der Waals surface area contributed by atoms with Gasteiger partial charge in [0.05, 0.1) is 33.9 Å². The number of hydrogen-bond donors (Lipinski definition) is 0. The second kappa shape index (κ2) is 8.61. The van der Waals surface area contributed by atoms with E-state index in [1.165, 1.54) is 0 Å². The van der Waals surface area contributed by atoms with Crippen LogP contribution in [0.4, 0.5) is 22.7 Å². The molecule has 0 saturated heterocycles. The monoisotopic (exact) mass is 478 g/mol. The maximum absolute atomic E-state index is 12.3.